The van der Waals surface area contributed by atoms with Gasteiger partial charge in [-0.3, -0.25) is 19.4 Å². The van der Waals surface area contributed by atoms with Gasteiger partial charge in [-0.2, -0.15) is 0 Å². The Hall–Kier alpha value is -3.34. The minimum absolute atomic E-state index is 0.0548. The molecule has 1 amide bonds. The van der Waals surface area contributed by atoms with Gasteiger partial charge in [-0.05, 0) is 42.8 Å². The topological polar surface area (TPSA) is 149 Å². The highest BCUT2D eigenvalue weighted by Crippen LogP contribution is 2.30. The van der Waals surface area contributed by atoms with Crippen LogP contribution in [0.3, 0.4) is 0 Å². The molecule has 1 heterocycles. The van der Waals surface area contributed by atoms with Crippen LogP contribution in [0.15, 0.2) is 41.4 Å². The predicted molar refractivity (Wildman–Crippen MR) is 140 cm³/mol. The van der Waals surface area contributed by atoms with Crippen LogP contribution in [0.2, 0.25) is 10.0 Å². The number of guanidine groups is 1. The van der Waals surface area contributed by atoms with Crippen molar-refractivity contribution in [3.8, 4) is 5.75 Å². The van der Waals surface area contributed by atoms with E-state index in [1.54, 1.807) is 25.1 Å². The van der Waals surface area contributed by atoms with Crippen LogP contribution in [0.4, 0.5) is 5.69 Å². The largest absolute Gasteiger partial charge is 0.508 e. The monoisotopic (exact) mass is 550 g/mol. The molecule has 2 aromatic rings. The van der Waals surface area contributed by atoms with Gasteiger partial charge in [0.1, 0.15) is 5.75 Å². The number of β-amino-alcohol motifs (C(OH)–C–C–N with tert-alkyl or cyclic N) is 1. The lowest BCUT2D eigenvalue weighted by molar-refractivity contribution is -0.143. The van der Waals surface area contributed by atoms with Crippen molar-refractivity contribution in [2.24, 2.45) is 4.99 Å². The van der Waals surface area contributed by atoms with Crippen molar-refractivity contribution >= 4 is 52.5 Å². The normalized spacial score (nSPS) is 15.7. The van der Waals surface area contributed by atoms with Crippen molar-refractivity contribution in [3.05, 3.63) is 57.6 Å². The van der Waals surface area contributed by atoms with E-state index >= 15 is 0 Å². The van der Waals surface area contributed by atoms with E-state index in [2.05, 4.69) is 20.9 Å². The van der Waals surface area contributed by atoms with Gasteiger partial charge in [-0.15, -0.1) is 0 Å². The summed E-state index contributed by atoms with van der Waals surface area (Å²) in [4.78, 5) is 41.7. The highest BCUT2D eigenvalue weighted by atomic mass is 35.5. The molecule has 2 aromatic carbocycles. The number of nitrogens with one attached hydrogen (secondary N) is 3. The molecule has 0 spiro atoms. The van der Waals surface area contributed by atoms with Gasteiger partial charge < -0.3 is 30.9 Å². The maximum Gasteiger partial charge on any atom is 0.306 e. The third-order valence-electron chi connectivity index (χ3n) is 5.40. The van der Waals surface area contributed by atoms with Crippen LogP contribution in [0.5, 0.6) is 5.75 Å². The van der Waals surface area contributed by atoms with Crippen molar-refractivity contribution < 1.29 is 29.3 Å². The number of carbonyl (C=O) groups excluding carboxylic acids is 3. The summed E-state index contributed by atoms with van der Waals surface area (Å²) in [5.74, 6) is -1.67. The van der Waals surface area contributed by atoms with Gasteiger partial charge in [0.2, 0.25) is 0 Å². The Bertz CT molecular complexity index is 1170. The van der Waals surface area contributed by atoms with E-state index in [9.17, 15) is 24.6 Å². The number of anilines is 1. The molecule has 5 N–H and O–H groups in total. The molecule has 10 nitrogen and oxygen atoms in total. The third kappa shape index (κ3) is 8.92. The number of benzene rings is 2. The number of aromatic hydroxyl groups is 1. The Kier molecular flexibility index (Phi) is 10.1. The third-order valence-corrected chi connectivity index (χ3v) is 5.84. The standard InChI is InChI=1S/C25H28Cl2N4O6/c1-2-37-23(35)8-15(14-3-17(26)9-18(27)4-14)6-21(33)11-28-24(36)16-5-19(10-20(32)7-16)31-25-29-12-22(34)13-30-25/h3-5,7,9-10,15,22,32,34H,2,6,8,11-13H2,1H3,(H,28,36)(H2,29,30,31)/t15-/m0/s1. The Labute approximate surface area is 224 Å². The summed E-state index contributed by atoms with van der Waals surface area (Å²) in [7, 11) is 0. The molecule has 37 heavy (non-hydrogen) atoms. The number of rotatable bonds is 10. The number of aliphatic hydroxyl groups excluding tert-OH is 1. The number of aliphatic hydroxyl groups is 1. The molecule has 0 bridgehead atoms. The van der Waals surface area contributed by atoms with E-state index in [1.165, 1.54) is 18.2 Å². The molecule has 12 heteroatoms. The van der Waals surface area contributed by atoms with E-state index < -0.39 is 23.9 Å². The smallest absolute Gasteiger partial charge is 0.306 e. The second kappa shape index (κ2) is 13.3. The van der Waals surface area contributed by atoms with Gasteiger partial charge in [0, 0.05) is 46.2 Å². The Morgan fingerprint density at radius 3 is 2.51 bits per heavy atom. The second-order valence-electron chi connectivity index (χ2n) is 8.45. The van der Waals surface area contributed by atoms with Crippen molar-refractivity contribution in [2.45, 2.75) is 31.8 Å². The van der Waals surface area contributed by atoms with Gasteiger partial charge >= 0.3 is 5.97 Å². The summed E-state index contributed by atoms with van der Waals surface area (Å²) in [6.45, 7) is 2.14. The highest BCUT2D eigenvalue weighted by Gasteiger charge is 2.22. The Balaban J connectivity index is 1.64. The second-order valence-corrected chi connectivity index (χ2v) is 9.32. The highest BCUT2D eigenvalue weighted by molar-refractivity contribution is 6.34. The van der Waals surface area contributed by atoms with Crippen molar-refractivity contribution in [1.82, 2.24) is 10.6 Å². The number of carbonyl (C=O) groups is 3. The first kappa shape index (κ1) is 28.2. The number of halogens is 2. The molecule has 0 fully saturated rings. The van der Waals surface area contributed by atoms with Gasteiger partial charge in [0.15, 0.2) is 11.7 Å². The van der Waals surface area contributed by atoms with Crippen LogP contribution in [0.1, 0.15) is 41.6 Å². The molecular weight excluding hydrogens is 523 g/mol. The first-order chi connectivity index (χ1) is 17.6. The zero-order valence-corrected chi connectivity index (χ0v) is 21.6. The number of hydrogen-bond donors (Lipinski definition) is 5. The average Bonchev–Trinajstić information content (AvgIpc) is 2.83. The Morgan fingerprint density at radius 1 is 1.14 bits per heavy atom. The average molecular weight is 551 g/mol. The van der Waals surface area contributed by atoms with Crippen LogP contribution in [-0.4, -0.2) is 66.2 Å². The summed E-state index contributed by atoms with van der Waals surface area (Å²) in [6, 6.07) is 8.99. The van der Waals surface area contributed by atoms with Gasteiger partial charge in [0.25, 0.3) is 5.91 Å². The lowest BCUT2D eigenvalue weighted by Crippen LogP contribution is -2.42. The number of esters is 1. The fourth-order valence-corrected chi connectivity index (χ4v) is 4.28. The van der Waals surface area contributed by atoms with E-state index in [4.69, 9.17) is 27.9 Å². The lowest BCUT2D eigenvalue weighted by atomic mass is 9.90. The number of phenolic OH excluding ortho intramolecular Hbond substituents is 1. The lowest BCUT2D eigenvalue weighted by Gasteiger charge is -2.20. The molecular formula is C25H28Cl2N4O6. The fourth-order valence-electron chi connectivity index (χ4n) is 3.73. The number of amides is 1. The molecule has 0 aliphatic carbocycles. The zero-order valence-electron chi connectivity index (χ0n) is 20.1. The minimum Gasteiger partial charge on any atom is -0.508 e. The Morgan fingerprint density at radius 2 is 1.86 bits per heavy atom. The zero-order chi connectivity index (χ0) is 26.9. The maximum absolute atomic E-state index is 12.8. The summed E-state index contributed by atoms with van der Waals surface area (Å²) in [5.41, 5.74) is 1.13. The van der Waals surface area contributed by atoms with Gasteiger partial charge in [0.05, 0.1) is 32.2 Å². The summed E-state index contributed by atoms with van der Waals surface area (Å²) >= 11 is 12.2. The summed E-state index contributed by atoms with van der Waals surface area (Å²) in [6.07, 6.45) is -0.693. The molecule has 0 aromatic heterocycles. The fraction of sp³-hybridized carbons (Fsp3) is 0.360. The maximum atomic E-state index is 12.8. The quantitative estimate of drug-likeness (QED) is 0.283. The van der Waals surface area contributed by atoms with E-state index in [1.807, 2.05) is 0 Å². The molecule has 0 saturated heterocycles. The SMILES string of the molecule is CCOC(=O)C[C@H](CC(=O)CNC(=O)c1cc(O)cc(NC2=NCC(O)CN2)c1)c1cc(Cl)cc(Cl)c1. The van der Waals surface area contributed by atoms with Crippen molar-refractivity contribution in [2.75, 3.05) is 31.6 Å². The molecule has 2 atom stereocenters. The molecule has 1 aliphatic rings. The van der Waals surface area contributed by atoms with Crippen molar-refractivity contribution in [3.63, 3.8) is 0 Å². The summed E-state index contributed by atoms with van der Waals surface area (Å²) in [5, 5.41) is 28.7. The number of nitrogens with zero attached hydrogens (tertiary/aromatic N) is 1. The minimum atomic E-state index is -0.582. The van der Waals surface area contributed by atoms with Crippen LogP contribution in [-0.2, 0) is 14.3 Å². The molecule has 1 aliphatic heterocycles. The van der Waals surface area contributed by atoms with Gasteiger partial charge in [-0.25, -0.2) is 0 Å². The first-order valence-corrected chi connectivity index (χ1v) is 12.4. The molecule has 1 unspecified atom stereocenters. The van der Waals surface area contributed by atoms with E-state index in [-0.39, 0.29) is 49.6 Å². The predicted octanol–water partition coefficient (Wildman–Crippen LogP) is 2.86. The number of aliphatic imine (C=N–C) groups is 1. The molecule has 0 saturated carbocycles. The van der Waals surface area contributed by atoms with Crippen LogP contribution in [0.25, 0.3) is 0 Å². The summed E-state index contributed by atoms with van der Waals surface area (Å²) < 4.78 is 5.03. The molecule has 3 rings (SSSR count). The van der Waals surface area contributed by atoms with Crippen LogP contribution < -0.4 is 16.0 Å². The van der Waals surface area contributed by atoms with Crippen molar-refractivity contribution in [1.29, 1.82) is 0 Å². The van der Waals surface area contributed by atoms with E-state index in [0.29, 0.717) is 33.8 Å². The number of phenols is 1. The molecule has 0 radical (unpaired) electrons. The number of ether oxygens (including phenoxy) is 1. The van der Waals surface area contributed by atoms with Gasteiger partial charge in [-0.1, -0.05) is 23.2 Å². The number of Topliss-reactive ketones (excluding diaryl/α,β-unsaturated/α-hetero) is 1. The number of hydrogen-bond acceptors (Lipinski definition) is 9. The van der Waals surface area contributed by atoms with Crippen LogP contribution in [0, 0.1) is 0 Å². The first-order valence-electron chi connectivity index (χ1n) is 11.6. The molecule has 198 valence electrons. The van der Waals surface area contributed by atoms with Crippen LogP contribution >= 0.6 is 23.2 Å². The van der Waals surface area contributed by atoms with E-state index in [0.717, 1.165) is 0 Å². The number of ketones is 1.